The van der Waals surface area contributed by atoms with Gasteiger partial charge in [-0.2, -0.15) is 26.3 Å². The minimum Gasteiger partial charge on any atom is -0.419 e. The molecule has 19 heteroatoms. The topological polar surface area (TPSA) is 132 Å². The van der Waals surface area contributed by atoms with Gasteiger partial charge >= 0.3 is 54.5 Å². The minimum absolute atomic E-state index is 1.05. The van der Waals surface area contributed by atoms with E-state index in [1.807, 2.05) is 0 Å². The summed E-state index contributed by atoms with van der Waals surface area (Å²) in [5, 5.41) is 0. The molecule has 0 N–H and O–H groups in total. The molecule has 0 aromatic rings. The highest BCUT2D eigenvalue weighted by Gasteiger charge is 2.60. The highest BCUT2D eigenvalue weighted by molar-refractivity contribution is 6.26. The van der Waals surface area contributed by atoms with Crippen LogP contribution in [0.5, 0.6) is 0 Å². The summed E-state index contributed by atoms with van der Waals surface area (Å²) in [4.78, 5) is 54.0. The first-order valence-electron chi connectivity index (χ1n) is 6.06. The first-order valence-corrected chi connectivity index (χ1v) is 6.90. The second-order valence-electron chi connectivity index (χ2n) is 4.06. The van der Waals surface area contributed by atoms with Crippen molar-refractivity contribution in [1.82, 2.24) is 0 Å². The zero-order valence-electron chi connectivity index (χ0n) is 12.8. The van der Waals surface area contributed by atoms with Crippen molar-refractivity contribution in [3.63, 3.8) is 0 Å². The maximum Gasteiger partial charge on any atom is 0.519 e. The number of rotatable bonds is 8. The Labute approximate surface area is 162 Å². The number of ether oxygens (including phenoxy) is 4. The molecule has 0 bridgehead atoms. The summed E-state index contributed by atoms with van der Waals surface area (Å²) in [6.07, 6.45) is -15.4. The normalized spacial score (nSPS) is 14.7. The lowest BCUT2D eigenvalue weighted by Crippen LogP contribution is -2.50. The van der Waals surface area contributed by atoms with E-state index in [4.69, 9.17) is 11.6 Å². The monoisotopic (exact) mass is 486 g/mol. The van der Waals surface area contributed by atoms with Crippen molar-refractivity contribution in [2.75, 3.05) is 5.88 Å². The highest BCUT2D eigenvalue weighted by Crippen LogP contribution is 2.29. The molecular weight excluding hydrogens is 484 g/mol. The predicted molar refractivity (Wildman–Crippen MR) is 66.8 cm³/mol. The number of carbonyl (C=O) groups is 5. The molecule has 2 unspecified atom stereocenters. The summed E-state index contributed by atoms with van der Waals surface area (Å²) in [5.41, 5.74) is 0. The molecule has 0 fully saturated rings. The Bertz CT molecular complexity index is 684. The first-order chi connectivity index (χ1) is 13.0. The molecule has 29 heavy (non-hydrogen) atoms. The predicted octanol–water partition coefficient (Wildman–Crippen LogP) is 1.17. The smallest absolute Gasteiger partial charge is 0.419 e. The van der Waals surface area contributed by atoms with Crippen LogP contribution in [0.15, 0.2) is 0 Å². The molecule has 0 saturated carbocycles. The third-order valence-corrected chi connectivity index (χ3v) is 2.35. The van der Waals surface area contributed by atoms with E-state index >= 15 is 0 Å². The quantitative estimate of drug-likeness (QED) is 0.162. The SMILES string of the molecule is O=C(CCl)OC(F)C(=O)OC(F)(F)C(=O)OC(F)(OC(=O)C(F)(F)F)C(=O)OCl. The fourth-order valence-corrected chi connectivity index (χ4v) is 1.07. The molecule has 2 atom stereocenters. The summed E-state index contributed by atoms with van der Waals surface area (Å²) in [6, 6.07) is -5.35. The number of alkyl halides is 8. The molecule has 0 heterocycles. The van der Waals surface area contributed by atoms with Gasteiger partial charge in [-0.05, 0) is 0 Å². The van der Waals surface area contributed by atoms with Gasteiger partial charge in [0, 0.05) is 0 Å². The molecule has 0 rings (SSSR count). The van der Waals surface area contributed by atoms with Gasteiger partial charge in [-0.15, -0.1) is 16.0 Å². The van der Waals surface area contributed by atoms with Crippen molar-refractivity contribution < 1.29 is 77.9 Å². The van der Waals surface area contributed by atoms with Crippen LogP contribution in [0.3, 0.4) is 0 Å². The van der Waals surface area contributed by atoms with Gasteiger partial charge in [-0.25, -0.2) is 19.2 Å². The number of esters is 4. The average molecular weight is 487 g/mol. The Morgan fingerprint density at radius 1 is 0.828 bits per heavy atom. The summed E-state index contributed by atoms with van der Waals surface area (Å²) >= 11 is 9.13. The largest absolute Gasteiger partial charge is 0.519 e. The first kappa shape index (κ1) is 26.4. The van der Waals surface area contributed by atoms with Crippen LogP contribution >= 0.6 is 23.5 Å². The van der Waals surface area contributed by atoms with E-state index in [1.165, 1.54) is 0 Å². The van der Waals surface area contributed by atoms with Gasteiger partial charge in [0.1, 0.15) is 17.7 Å². The number of halogens is 9. The standard InChI is InChI=1S/C10H3Cl2F7O10/c11-1-2(20)25-3(13)4(21)26-9(17,18)6(23)28-10(19,7(24)29-12)27-5(22)8(14,15)16/h3H,1H2. The Morgan fingerprint density at radius 2 is 1.31 bits per heavy atom. The van der Waals surface area contributed by atoms with Crippen molar-refractivity contribution in [2.24, 2.45) is 0 Å². The van der Waals surface area contributed by atoms with Gasteiger partial charge in [0.2, 0.25) is 0 Å². The molecular formula is C10H3Cl2F7O10. The molecule has 0 radical (unpaired) electrons. The third kappa shape index (κ3) is 7.76. The van der Waals surface area contributed by atoms with Crippen molar-refractivity contribution in [3.8, 4) is 0 Å². The van der Waals surface area contributed by atoms with Crippen molar-refractivity contribution in [3.05, 3.63) is 0 Å². The number of hydrogen-bond acceptors (Lipinski definition) is 10. The van der Waals surface area contributed by atoms with Gasteiger partial charge < -0.3 is 23.2 Å². The molecule has 0 aliphatic heterocycles. The maximum atomic E-state index is 13.9. The van der Waals surface area contributed by atoms with Crippen molar-refractivity contribution >= 4 is 53.3 Å². The fraction of sp³-hybridized carbons (Fsp3) is 0.500. The van der Waals surface area contributed by atoms with Crippen LogP contribution in [0, 0.1) is 0 Å². The fourth-order valence-electron chi connectivity index (χ4n) is 0.915. The van der Waals surface area contributed by atoms with E-state index in [0.29, 0.717) is 0 Å². The third-order valence-electron chi connectivity index (χ3n) is 1.99. The average Bonchev–Trinajstić information content (AvgIpc) is 2.59. The van der Waals surface area contributed by atoms with E-state index in [0.717, 1.165) is 0 Å². The zero-order valence-corrected chi connectivity index (χ0v) is 14.3. The van der Waals surface area contributed by atoms with Crippen LogP contribution in [0.1, 0.15) is 0 Å². The van der Waals surface area contributed by atoms with E-state index in [2.05, 4.69) is 35.1 Å². The second-order valence-corrected chi connectivity index (χ2v) is 4.48. The molecule has 0 aliphatic carbocycles. The maximum absolute atomic E-state index is 13.9. The van der Waals surface area contributed by atoms with Gasteiger partial charge in [0.15, 0.2) is 0 Å². The molecule has 0 spiro atoms. The Morgan fingerprint density at radius 3 is 1.72 bits per heavy atom. The lowest BCUT2D eigenvalue weighted by molar-refractivity contribution is -0.315. The van der Waals surface area contributed by atoms with E-state index in [9.17, 15) is 54.7 Å². The lowest BCUT2D eigenvalue weighted by Gasteiger charge is -2.23. The molecule has 0 aromatic carbocycles. The Hall–Kier alpha value is -2.56. The molecule has 0 saturated heterocycles. The summed E-state index contributed by atoms with van der Waals surface area (Å²) < 4.78 is 105. The van der Waals surface area contributed by atoms with Gasteiger partial charge in [0.25, 0.3) is 0 Å². The van der Waals surface area contributed by atoms with Gasteiger partial charge in [0.05, 0.1) is 0 Å². The van der Waals surface area contributed by atoms with Crippen LogP contribution < -0.4 is 0 Å². The van der Waals surface area contributed by atoms with Crippen LogP contribution in [0.4, 0.5) is 30.7 Å². The Kier molecular flexibility index (Phi) is 8.91. The molecule has 166 valence electrons. The molecule has 10 nitrogen and oxygen atoms in total. The summed E-state index contributed by atoms with van der Waals surface area (Å²) in [5.74, 6) is -15.6. The molecule has 0 aromatic heterocycles. The Balaban J connectivity index is 5.42. The van der Waals surface area contributed by atoms with Crippen LogP contribution in [0.25, 0.3) is 0 Å². The van der Waals surface area contributed by atoms with Gasteiger partial charge in [-0.3, -0.25) is 4.79 Å². The second kappa shape index (κ2) is 9.77. The van der Waals surface area contributed by atoms with Crippen LogP contribution in [-0.2, 0) is 47.2 Å². The van der Waals surface area contributed by atoms with Gasteiger partial charge in [-0.1, -0.05) is 0 Å². The van der Waals surface area contributed by atoms with Crippen LogP contribution in [0.2, 0.25) is 0 Å². The van der Waals surface area contributed by atoms with Crippen molar-refractivity contribution in [1.29, 1.82) is 0 Å². The molecule has 0 aliphatic rings. The minimum atomic E-state index is -6.03. The van der Waals surface area contributed by atoms with E-state index in [-0.39, 0.29) is 0 Å². The highest BCUT2D eigenvalue weighted by atomic mass is 35.5. The lowest BCUT2D eigenvalue weighted by atomic mass is 10.5. The molecule has 0 amide bonds. The number of carbonyl (C=O) groups excluding carboxylic acids is 5. The van der Waals surface area contributed by atoms with E-state index in [1.54, 1.807) is 0 Å². The summed E-state index contributed by atoms with van der Waals surface area (Å²) in [6.45, 7) is 0. The number of hydrogen-bond donors (Lipinski definition) is 0. The van der Waals surface area contributed by atoms with E-state index < -0.39 is 60.4 Å². The van der Waals surface area contributed by atoms with Crippen LogP contribution in [-0.4, -0.2) is 60.4 Å². The van der Waals surface area contributed by atoms with Crippen molar-refractivity contribution in [2.45, 2.75) is 24.7 Å². The summed E-state index contributed by atoms with van der Waals surface area (Å²) in [7, 11) is 0. The zero-order chi connectivity index (χ0) is 23.2.